The summed E-state index contributed by atoms with van der Waals surface area (Å²) in [7, 11) is 2.62. The molecule has 1 heterocycles. The number of amides is 1. The third-order valence-electron chi connectivity index (χ3n) is 4.14. The molecule has 2 atom stereocenters. The van der Waals surface area contributed by atoms with Gasteiger partial charge in [0.05, 0.1) is 39.2 Å². The molecule has 9 heteroatoms. The highest BCUT2D eigenvalue weighted by Gasteiger charge is 2.34. The molecule has 1 N–H and O–H groups in total. The molecule has 0 bridgehead atoms. The fraction of sp³-hybridized carbons (Fsp3) is 0.562. The van der Waals surface area contributed by atoms with Crippen molar-refractivity contribution in [2.24, 2.45) is 5.92 Å². The molecule has 0 saturated carbocycles. The molecule has 8 nitrogen and oxygen atoms in total. The third-order valence-corrected chi connectivity index (χ3v) is 6.10. The lowest BCUT2D eigenvalue weighted by molar-refractivity contribution is 0.0925. The lowest BCUT2D eigenvalue weighted by Gasteiger charge is -2.21. The minimum Gasteiger partial charge on any atom is -0.493 e. The summed E-state index contributed by atoms with van der Waals surface area (Å²) in [5.41, 5.74) is 0.402. The van der Waals surface area contributed by atoms with E-state index in [1.54, 1.807) is 18.2 Å². The first-order valence-corrected chi connectivity index (χ1v) is 9.40. The first-order chi connectivity index (χ1) is 11.8. The van der Waals surface area contributed by atoms with Gasteiger partial charge in [-0.15, -0.1) is 0 Å². The summed E-state index contributed by atoms with van der Waals surface area (Å²) in [5, 5.41) is 2.85. The van der Waals surface area contributed by atoms with Gasteiger partial charge in [0.2, 0.25) is 10.0 Å². The summed E-state index contributed by atoms with van der Waals surface area (Å²) >= 11 is 0. The summed E-state index contributed by atoms with van der Waals surface area (Å²) in [4.78, 5) is 12.5. The summed E-state index contributed by atoms with van der Waals surface area (Å²) in [6, 6.07) is 4.48. The van der Waals surface area contributed by atoms with Gasteiger partial charge in [0.15, 0.2) is 11.5 Å². The van der Waals surface area contributed by atoms with Crippen LogP contribution in [0.1, 0.15) is 10.4 Å². The molecule has 1 aliphatic rings. The lowest BCUT2D eigenvalue weighted by Crippen LogP contribution is -2.43. The van der Waals surface area contributed by atoms with Crippen molar-refractivity contribution in [3.05, 3.63) is 23.8 Å². The molecule has 1 saturated heterocycles. The van der Waals surface area contributed by atoms with E-state index in [4.69, 9.17) is 14.2 Å². The molecule has 25 heavy (non-hydrogen) atoms. The van der Waals surface area contributed by atoms with Gasteiger partial charge in [-0.3, -0.25) is 4.79 Å². The van der Waals surface area contributed by atoms with Crippen LogP contribution in [0.25, 0.3) is 0 Å². The van der Waals surface area contributed by atoms with Gasteiger partial charge in [-0.05, 0) is 18.2 Å². The molecule has 0 radical (unpaired) electrons. The number of hydrogen-bond donors (Lipinski definition) is 1. The maximum Gasteiger partial charge on any atom is 0.251 e. The summed E-state index contributed by atoms with van der Waals surface area (Å²) in [5.74, 6) is 0.291. The van der Waals surface area contributed by atoms with Crippen molar-refractivity contribution in [1.29, 1.82) is 0 Å². The number of methoxy groups -OCH3 is 2. The van der Waals surface area contributed by atoms with Crippen LogP contribution in [-0.4, -0.2) is 72.0 Å². The number of benzene rings is 1. The van der Waals surface area contributed by atoms with Crippen molar-refractivity contribution in [2.75, 3.05) is 47.3 Å². The fourth-order valence-electron chi connectivity index (χ4n) is 2.57. The molecule has 1 aromatic rings. The van der Waals surface area contributed by atoms with Crippen molar-refractivity contribution in [1.82, 2.24) is 9.62 Å². The van der Waals surface area contributed by atoms with Crippen LogP contribution < -0.4 is 14.8 Å². The summed E-state index contributed by atoms with van der Waals surface area (Å²) in [6.45, 7) is 0.580. The Bertz CT molecular complexity index is 719. The molecule has 140 valence electrons. The van der Waals surface area contributed by atoms with E-state index in [0.29, 0.717) is 23.7 Å². The highest BCUT2D eigenvalue weighted by molar-refractivity contribution is 7.89. The Kier molecular flexibility index (Phi) is 6.26. The normalized spacial score (nSPS) is 20.5. The fourth-order valence-corrected chi connectivity index (χ4v) is 3.74. The number of sulfonamides is 1. The average Bonchev–Trinajstić information content (AvgIpc) is 3.00. The number of nitrogens with zero attached hydrogens (tertiary/aromatic N) is 1. The Morgan fingerprint density at radius 1 is 1.24 bits per heavy atom. The molecule has 1 aliphatic heterocycles. The van der Waals surface area contributed by atoms with Gasteiger partial charge in [-0.1, -0.05) is 0 Å². The third kappa shape index (κ3) is 4.62. The molecule has 1 fully saturated rings. The smallest absolute Gasteiger partial charge is 0.251 e. The molecule has 0 aromatic heterocycles. The molecule has 1 amide bonds. The predicted octanol–water partition coefficient (Wildman–Crippen LogP) is 0.340. The molecule has 0 unspecified atom stereocenters. The summed E-state index contributed by atoms with van der Waals surface area (Å²) in [6.07, 6.45) is 0. The van der Waals surface area contributed by atoms with Gasteiger partial charge in [-0.2, -0.15) is 0 Å². The van der Waals surface area contributed by atoms with Gasteiger partial charge in [-0.25, -0.2) is 12.7 Å². The van der Waals surface area contributed by atoms with Gasteiger partial charge < -0.3 is 19.5 Å². The zero-order valence-electron chi connectivity index (χ0n) is 14.8. The monoisotopic (exact) mass is 372 g/mol. The SMILES string of the molecule is COc1ccc(C(=O)N[C@@H]2COC[C@H]2CS(=O)(=O)N(C)C)cc1OC. The van der Waals surface area contributed by atoms with E-state index in [9.17, 15) is 13.2 Å². The van der Waals surface area contributed by atoms with E-state index in [-0.39, 0.29) is 30.2 Å². The largest absolute Gasteiger partial charge is 0.493 e. The average molecular weight is 372 g/mol. The Morgan fingerprint density at radius 3 is 2.52 bits per heavy atom. The van der Waals surface area contributed by atoms with E-state index in [0.717, 1.165) is 0 Å². The van der Waals surface area contributed by atoms with Crippen molar-refractivity contribution >= 4 is 15.9 Å². The van der Waals surface area contributed by atoms with E-state index in [1.807, 2.05) is 0 Å². The second-order valence-corrected chi connectivity index (χ2v) is 8.24. The number of carbonyl (C=O) groups is 1. The zero-order valence-corrected chi connectivity index (χ0v) is 15.6. The molecular formula is C16H24N2O6S. The van der Waals surface area contributed by atoms with Crippen LogP contribution in [0.2, 0.25) is 0 Å². The highest BCUT2D eigenvalue weighted by atomic mass is 32.2. The van der Waals surface area contributed by atoms with Crippen LogP contribution in [0.3, 0.4) is 0 Å². The first kappa shape index (κ1) is 19.5. The van der Waals surface area contributed by atoms with Crippen LogP contribution in [0.4, 0.5) is 0 Å². The van der Waals surface area contributed by atoms with Gasteiger partial charge in [0.25, 0.3) is 5.91 Å². The van der Waals surface area contributed by atoms with Crippen molar-refractivity contribution in [3.8, 4) is 11.5 Å². The second kappa shape index (κ2) is 8.03. The summed E-state index contributed by atoms with van der Waals surface area (Å²) < 4.78 is 41.0. The van der Waals surface area contributed by atoms with Gasteiger partial charge in [0.1, 0.15) is 0 Å². The van der Waals surface area contributed by atoms with Gasteiger partial charge in [0, 0.05) is 25.6 Å². The number of nitrogens with one attached hydrogen (secondary N) is 1. The Labute approximate surface area is 148 Å². The van der Waals surface area contributed by atoms with E-state index in [1.165, 1.54) is 32.6 Å². The lowest BCUT2D eigenvalue weighted by atomic mass is 10.1. The molecule has 0 spiro atoms. The van der Waals surface area contributed by atoms with Gasteiger partial charge >= 0.3 is 0 Å². The van der Waals surface area contributed by atoms with Crippen molar-refractivity contribution in [3.63, 3.8) is 0 Å². The van der Waals surface area contributed by atoms with Crippen LogP contribution in [-0.2, 0) is 14.8 Å². The zero-order chi connectivity index (χ0) is 18.6. The van der Waals surface area contributed by atoms with Crippen molar-refractivity contribution < 1.29 is 27.4 Å². The molecule has 2 rings (SSSR count). The molecule has 1 aromatic carbocycles. The maximum atomic E-state index is 12.5. The quantitative estimate of drug-likeness (QED) is 0.742. The van der Waals surface area contributed by atoms with E-state index in [2.05, 4.69) is 5.32 Å². The number of ether oxygens (including phenoxy) is 3. The Hall–Kier alpha value is -1.84. The maximum absolute atomic E-state index is 12.5. The van der Waals surface area contributed by atoms with Crippen LogP contribution in [0.15, 0.2) is 18.2 Å². The Morgan fingerprint density at radius 2 is 1.92 bits per heavy atom. The minimum absolute atomic E-state index is 0.0725. The molecular weight excluding hydrogens is 348 g/mol. The number of rotatable bonds is 7. The predicted molar refractivity (Wildman–Crippen MR) is 92.6 cm³/mol. The number of carbonyl (C=O) groups excluding carboxylic acids is 1. The van der Waals surface area contributed by atoms with Crippen LogP contribution in [0.5, 0.6) is 11.5 Å². The second-order valence-electron chi connectivity index (χ2n) is 6.01. The molecule has 0 aliphatic carbocycles. The van der Waals surface area contributed by atoms with Crippen molar-refractivity contribution in [2.45, 2.75) is 6.04 Å². The van der Waals surface area contributed by atoms with E-state index >= 15 is 0 Å². The van der Waals surface area contributed by atoms with Crippen LogP contribution >= 0.6 is 0 Å². The van der Waals surface area contributed by atoms with Crippen LogP contribution in [0, 0.1) is 5.92 Å². The Balaban J connectivity index is 2.09. The topological polar surface area (TPSA) is 94.2 Å². The number of hydrogen-bond acceptors (Lipinski definition) is 6. The highest BCUT2D eigenvalue weighted by Crippen LogP contribution is 2.27. The van der Waals surface area contributed by atoms with E-state index < -0.39 is 10.0 Å². The first-order valence-electron chi connectivity index (χ1n) is 7.79. The minimum atomic E-state index is -3.37. The standard InChI is InChI=1S/C16H24N2O6S/c1-18(2)25(20,21)10-12-8-24-9-13(12)17-16(19)11-5-6-14(22-3)15(7-11)23-4/h5-7,12-13H,8-10H2,1-4H3,(H,17,19)/t12-,13+/m0/s1.